The van der Waals surface area contributed by atoms with Gasteiger partial charge in [-0.15, -0.1) is 11.6 Å². The van der Waals surface area contributed by atoms with Crippen LogP contribution in [0, 0.1) is 24.6 Å². The van der Waals surface area contributed by atoms with Gasteiger partial charge < -0.3 is 4.74 Å². The molecular formula is C17H14ClFO. The molecule has 0 spiro atoms. The number of halogens is 2. The van der Waals surface area contributed by atoms with Gasteiger partial charge in [0.05, 0.1) is 11.4 Å². The Morgan fingerprint density at radius 3 is 2.60 bits per heavy atom. The maximum Gasteiger partial charge on any atom is 0.138 e. The summed E-state index contributed by atoms with van der Waals surface area (Å²) < 4.78 is 18.9. The fourth-order valence-corrected chi connectivity index (χ4v) is 1.76. The van der Waals surface area contributed by atoms with Crippen LogP contribution < -0.4 is 4.74 Å². The smallest absolute Gasteiger partial charge is 0.138 e. The summed E-state index contributed by atoms with van der Waals surface area (Å²) in [5, 5.41) is 0. The molecule has 0 amide bonds. The molecule has 3 heteroatoms. The maximum atomic E-state index is 13.3. The van der Waals surface area contributed by atoms with E-state index in [4.69, 9.17) is 16.3 Å². The topological polar surface area (TPSA) is 9.23 Å². The van der Waals surface area contributed by atoms with Crippen LogP contribution in [0.5, 0.6) is 5.75 Å². The lowest BCUT2D eigenvalue weighted by Crippen LogP contribution is -1.98. The third kappa shape index (κ3) is 4.01. The Hall–Kier alpha value is -1.98. The zero-order valence-corrected chi connectivity index (χ0v) is 11.9. The van der Waals surface area contributed by atoms with E-state index in [0.717, 1.165) is 5.56 Å². The number of aryl methyl sites for hydroxylation is 1. The zero-order valence-electron chi connectivity index (χ0n) is 11.1. The van der Waals surface area contributed by atoms with Crippen LogP contribution in [0.3, 0.4) is 0 Å². The lowest BCUT2D eigenvalue weighted by Gasteiger charge is -2.09. The quantitative estimate of drug-likeness (QED) is 0.604. The molecule has 20 heavy (non-hydrogen) atoms. The fourth-order valence-electron chi connectivity index (χ4n) is 1.69. The minimum Gasteiger partial charge on any atom is -0.487 e. The van der Waals surface area contributed by atoms with Crippen LogP contribution in [0.2, 0.25) is 0 Å². The summed E-state index contributed by atoms with van der Waals surface area (Å²) in [7, 11) is 0. The second-order valence-corrected chi connectivity index (χ2v) is 4.62. The molecule has 0 fully saturated rings. The summed E-state index contributed by atoms with van der Waals surface area (Å²) in [4.78, 5) is 0. The van der Waals surface area contributed by atoms with Gasteiger partial charge in [-0.1, -0.05) is 41.7 Å². The molecule has 0 heterocycles. The van der Waals surface area contributed by atoms with Gasteiger partial charge in [0.1, 0.15) is 18.2 Å². The van der Waals surface area contributed by atoms with Crippen LogP contribution in [0.15, 0.2) is 42.5 Å². The highest BCUT2D eigenvalue weighted by Crippen LogP contribution is 2.20. The summed E-state index contributed by atoms with van der Waals surface area (Å²) in [6.07, 6.45) is 0. The molecule has 2 rings (SSSR count). The summed E-state index contributed by atoms with van der Waals surface area (Å²) in [5.74, 6) is 5.92. The molecule has 0 unspecified atom stereocenters. The third-order valence-electron chi connectivity index (χ3n) is 2.75. The summed E-state index contributed by atoms with van der Waals surface area (Å²) in [5.41, 5.74) is 2.85. The van der Waals surface area contributed by atoms with Crippen molar-refractivity contribution in [3.63, 3.8) is 0 Å². The molecule has 0 saturated heterocycles. The Morgan fingerprint density at radius 2 is 1.90 bits per heavy atom. The number of alkyl halides is 1. The highest BCUT2D eigenvalue weighted by Gasteiger charge is 2.04. The van der Waals surface area contributed by atoms with Crippen LogP contribution in [0.25, 0.3) is 0 Å². The molecule has 0 bridgehead atoms. The van der Waals surface area contributed by atoms with E-state index in [9.17, 15) is 4.39 Å². The van der Waals surface area contributed by atoms with Crippen molar-refractivity contribution in [3.8, 4) is 17.6 Å². The molecule has 0 radical (unpaired) electrons. The monoisotopic (exact) mass is 288 g/mol. The van der Waals surface area contributed by atoms with E-state index in [-0.39, 0.29) is 11.7 Å². The Labute approximate surface area is 123 Å². The van der Waals surface area contributed by atoms with E-state index in [0.29, 0.717) is 17.9 Å². The van der Waals surface area contributed by atoms with Crippen molar-refractivity contribution in [1.82, 2.24) is 0 Å². The molecule has 0 aromatic heterocycles. The Morgan fingerprint density at radius 1 is 1.15 bits per heavy atom. The first-order valence-electron chi connectivity index (χ1n) is 6.22. The van der Waals surface area contributed by atoms with Crippen molar-refractivity contribution in [1.29, 1.82) is 0 Å². The van der Waals surface area contributed by atoms with Crippen molar-refractivity contribution < 1.29 is 9.13 Å². The summed E-state index contributed by atoms with van der Waals surface area (Å²) in [6.45, 7) is 2.40. The molecule has 1 nitrogen and oxygen atoms in total. The molecule has 2 aromatic rings. The zero-order chi connectivity index (χ0) is 14.4. The molecule has 0 atom stereocenters. The standard InChI is InChI=1S/C17H14ClFO/c1-13-4-6-14(7-5-13)12-20-17-11-16(19)9-8-15(17)3-2-10-18/h4-9,11H,10,12H2,1H3. The predicted octanol–water partition coefficient (Wildman–Crippen LogP) is 4.30. The van der Waals surface area contributed by atoms with Gasteiger partial charge in [0, 0.05) is 6.07 Å². The average molecular weight is 289 g/mol. The maximum absolute atomic E-state index is 13.3. The van der Waals surface area contributed by atoms with E-state index in [1.54, 1.807) is 6.07 Å². The Bertz CT molecular complexity index is 638. The minimum absolute atomic E-state index is 0.231. The number of hydrogen-bond acceptors (Lipinski definition) is 1. The average Bonchev–Trinajstić information content (AvgIpc) is 2.46. The lowest BCUT2D eigenvalue weighted by atomic mass is 10.1. The second-order valence-electron chi connectivity index (χ2n) is 4.35. The van der Waals surface area contributed by atoms with E-state index < -0.39 is 0 Å². The normalized spacial score (nSPS) is 9.75. The van der Waals surface area contributed by atoms with Gasteiger partial charge in [-0.25, -0.2) is 4.39 Å². The number of rotatable bonds is 3. The summed E-state index contributed by atoms with van der Waals surface area (Å²) >= 11 is 5.53. The molecule has 0 aliphatic heterocycles. The Balaban J connectivity index is 2.15. The lowest BCUT2D eigenvalue weighted by molar-refractivity contribution is 0.303. The van der Waals surface area contributed by atoms with Gasteiger partial charge in [0.15, 0.2) is 0 Å². The van der Waals surface area contributed by atoms with Crippen LogP contribution in [-0.2, 0) is 6.61 Å². The largest absolute Gasteiger partial charge is 0.487 e. The van der Waals surface area contributed by atoms with Crippen molar-refractivity contribution in [2.75, 3.05) is 5.88 Å². The first-order valence-corrected chi connectivity index (χ1v) is 6.75. The fraction of sp³-hybridized carbons (Fsp3) is 0.176. The first kappa shape index (κ1) is 14.4. The van der Waals surface area contributed by atoms with Gasteiger partial charge >= 0.3 is 0 Å². The van der Waals surface area contributed by atoms with Crippen molar-refractivity contribution in [2.24, 2.45) is 0 Å². The molecule has 0 N–H and O–H groups in total. The number of ether oxygens (including phenoxy) is 1. The van der Waals surface area contributed by atoms with Crippen LogP contribution >= 0.6 is 11.6 Å². The van der Waals surface area contributed by atoms with Gasteiger partial charge in [-0.3, -0.25) is 0 Å². The number of hydrogen-bond donors (Lipinski definition) is 0. The van der Waals surface area contributed by atoms with Gasteiger partial charge in [-0.05, 0) is 24.6 Å². The van der Waals surface area contributed by atoms with Crippen LogP contribution in [0.1, 0.15) is 16.7 Å². The molecule has 102 valence electrons. The highest BCUT2D eigenvalue weighted by molar-refractivity contribution is 6.19. The third-order valence-corrected chi connectivity index (χ3v) is 2.88. The SMILES string of the molecule is Cc1ccc(COc2cc(F)ccc2C#CCCl)cc1. The van der Waals surface area contributed by atoms with E-state index in [2.05, 4.69) is 11.8 Å². The van der Waals surface area contributed by atoms with Crippen molar-refractivity contribution in [2.45, 2.75) is 13.5 Å². The molecule has 0 saturated carbocycles. The highest BCUT2D eigenvalue weighted by atomic mass is 35.5. The van der Waals surface area contributed by atoms with Gasteiger partial charge in [0.2, 0.25) is 0 Å². The molecule has 0 aliphatic rings. The van der Waals surface area contributed by atoms with E-state index >= 15 is 0 Å². The molecule has 0 aliphatic carbocycles. The second kappa shape index (κ2) is 6.98. The van der Waals surface area contributed by atoms with Crippen molar-refractivity contribution >= 4 is 11.6 Å². The van der Waals surface area contributed by atoms with Crippen LogP contribution in [-0.4, -0.2) is 5.88 Å². The minimum atomic E-state index is -0.347. The van der Waals surface area contributed by atoms with E-state index in [1.807, 2.05) is 31.2 Å². The van der Waals surface area contributed by atoms with Gasteiger partial charge in [-0.2, -0.15) is 0 Å². The Kier molecular flexibility index (Phi) is 5.03. The summed E-state index contributed by atoms with van der Waals surface area (Å²) in [6, 6.07) is 12.3. The predicted molar refractivity (Wildman–Crippen MR) is 79.5 cm³/mol. The van der Waals surface area contributed by atoms with Gasteiger partial charge in [0.25, 0.3) is 0 Å². The molecular weight excluding hydrogens is 275 g/mol. The first-order chi connectivity index (χ1) is 9.69. The van der Waals surface area contributed by atoms with Crippen LogP contribution in [0.4, 0.5) is 4.39 Å². The number of benzene rings is 2. The van der Waals surface area contributed by atoms with E-state index in [1.165, 1.54) is 17.7 Å². The van der Waals surface area contributed by atoms with Crippen molar-refractivity contribution in [3.05, 3.63) is 65.0 Å². The molecule has 2 aromatic carbocycles.